The van der Waals surface area contributed by atoms with E-state index in [9.17, 15) is 14.4 Å². The summed E-state index contributed by atoms with van der Waals surface area (Å²) in [7, 11) is 4.74. The molecule has 0 fully saturated rings. The normalized spacial score (nSPS) is 10.0. The van der Waals surface area contributed by atoms with Crippen molar-refractivity contribution in [2.24, 2.45) is 5.73 Å². The fourth-order valence-electron chi connectivity index (χ4n) is 2.31. The number of nitrogens with zero attached hydrogens (tertiary/aromatic N) is 1. The second-order valence-corrected chi connectivity index (χ2v) is 5.81. The highest BCUT2D eigenvalue weighted by Crippen LogP contribution is 2.30. The van der Waals surface area contributed by atoms with Gasteiger partial charge in [0, 0.05) is 25.3 Å². The molecule has 3 N–H and O–H groups in total. The summed E-state index contributed by atoms with van der Waals surface area (Å²) in [4.78, 5) is 37.0. The van der Waals surface area contributed by atoms with Gasteiger partial charge in [0.15, 0.2) is 18.1 Å². The third-order valence-corrected chi connectivity index (χ3v) is 3.63. The number of rotatable bonds is 7. The third kappa shape index (κ3) is 4.97. The molecule has 3 amide bonds. The molecule has 0 saturated heterocycles. The van der Waals surface area contributed by atoms with Crippen LogP contribution in [0, 0.1) is 0 Å². The molecule has 2 aromatic rings. The summed E-state index contributed by atoms with van der Waals surface area (Å²) in [5, 5.41) is 2.65. The van der Waals surface area contributed by atoms with E-state index in [1.165, 1.54) is 18.1 Å². The lowest BCUT2D eigenvalue weighted by Crippen LogP contribution is -2.23. The predicted molar refractivity (Wildman–Crippen MR) is 100 cm³/mol. The number of carbonyl (C=O) groups is 3. The average Bonchev–Trinajstić information content (AvgIpc) is 2.65. The molecule has 0 aliphatic rings. The molecule has 27 heavy (non-hydrogen) atoms. The Balaban J connectivity index is 2.03. The van der Waals surface area contributed by atoms with Crippen LogP contribution in [0.4, 0.5) is 5.69 Å². The quantitative estimate of drug-likeness (QED) is 0.766. The highest BCUT2D eigenvalue weighted by Gasteiger charge is 2.16. The smallest absolute Gasteiger partial charge is 0.262 e. The van der Waals surface area contributed by atoms with Gasteiger partial charge >= 0.3 is 0 Å². The number of nitrogens with one attached hydrogen (secondary N) is 1. The zero-order valence-electron chi connectivity index (χ0n) is 15.3. The maximum Gasteiger partial charge on any atom is 0.262 e. The van der Waals surface area contributed by atoms with Crippen molar-refractivity contribution in [3.63, 3.8) is 0 Å². The first kappa shape index (κ1) is 19.8. The molecule has 0 aliphatic heterocycles. The molecule has 0 saturated carbocycles. The monoisotopic (exact) mass is 371 g/mol. The molecule has 2 aromatic carbocycles. The largest absolute Gasteiger partial charge is 0.493 e. The highest BCUT2D eigenvalue weighted by molar-refractivity contribution is 5.97. The van der Waals surface area contributed by atoms with E-state index in [4.69, 9.17) is 15.2 Å². The molecular formula is C19H21N3O5. The standard InChI is InChI=1S/C19H21N3O5/c1-22(2)19(25)12-7-9-13(10-8-12)21-16(23)11-27-17-14(18(20)24)5-4-6-15(17)26-3/h4-10H,11H2,1-3H3,(H2,20,24)(H,21,23). The van der Waals surface area contributed by atoms with Crippen LogP contribution in [-0.2, 0) is 4.79 Å². The number of nitrogens with two attached hydrogens (primary N) is 1. The minimum atomic E-state index is -0.689. The van der Waals surface area contributed by atoms with E-state index in [1.54, 1.807) is 50.5 Å². The number of primary amides is 1. The summed E-state index contributed by atoms with van der Waals surface area (Å²) in [6.07, 6.45) is 0. The lowest BCUT2D eigenvalue weighted by Gasteiger charge is -2.14. The zero-order valence-corrected chi connectivity index (χ0v) is 15.3. The second-order valence-electron chi connectivity index (χ2n) is 5.81. The van der Waals surface area contributed by atoms with Gasteiger partial charge in [-0.1, -0.05) is 6.07 Å². The lowest BCUT2D eigenvalue weighted by atomic mass is 10.1. The summed E-state index contributed by atoms with van der Waals surface area (Å²) in [5.41, 5.74) is 6.46. The summed E-state index contributed by atoms with van der Waals surface area (Å²) in [6, 6.07) is 11.1. The topological polar surface area (TPSA) is 111 Å². The number of hydrogen-bond acceptors (Lipinski definition) is 5. The number of hydrogen-bond donors (Lipinski definition) is 2. The molecule has 0 aromatic heterocycles. The fourth-order valence-corrected chi connectivity index (χ4v) is 2.31. The van der Waals surface area contributed by atoms with E-state index >= 15 is 0 Å². The first-order valence-corrected chi connectivity index (χ1v) is 8.04. The highest BCUT2D eigenvalue weighted by atomic mass is 16.5. The van der Waals surface area contributed by atoms with Crippen LogP contribution in [-0.4, -0.2) is 50.4 Å². The minimum Gasteiger partial charge on any atom is -0.493 e. The van der Waals surface area contributed by atoms with E-state index in [0.717, 1.165) is 0 Å². The molecule has 0 bridgehead atoms. The Bertz CT molecular complexity index is 847. The number of ether oxygens (including phenoxy) is 2. The van der Waals surface area contributed by atoms with Crippen LogP contribution < -0.4 is 20.5 Å². The molecule has 142 valence electrons. The van der Waals surface area contributed by atoms with E-state index in [2.05, 4.69) is 5.32 Å². The molecule has 8 heteroatoms. The van der Waals surface area contributed by atoms with Gasteiger partial charge in [0.25, 0.3) is 17.7 Å². The number of anilines is 1. The summed E-state index contributed by atoms with van der Waals surface area (Å²) < 4.78 is 10.6. The number of carbonyl (C=O) groups excluding carboxylic acids is 3. The molecule has 0 aliphatic carbocycles. The Morgan fingerprint density at radius 3 is 2.30 bits per heavy atom. The third-order valence-electron chi connectivity index (χ3n) is 3.63. The molecular weight excluding hydrogens is 350 g/mol. The molecule has 0 spiro atoms. The van der Waals surface area contributed by atoms with Crippen LogP contribution >= 0.6 is 0 Å². The van der Waals surface area contributed by atoms with Gasteiger partial charge in [0.1, 0.15) is 0 Å². The van der Waals surface area contributed by atoms with Crippen molar-refractivity contribution in [3.05, 3.63) is 53.6 Å². The zero-order chi connectivity index (χ0) is 20.0. The van der Waals surface area contributed by atoms with Gasteiger partial charge in [-0.25, -0.2) is 0 Å². The van der Waals surface area contributed by atoms with E-state index in [-0.39, 0.29) is 23.8 Å². The maximum atomic E-state index is 12.1. The molecule has 0 atom stereocenters. The summed E-state index contributed by atoms with van der Waals surface area (Å²) >= 11 is 0. The summed E-state index contributed by atoms with van der Waals surface area (Å²) in [6.45, 7) is -0.348. The number of methoxy groups -OCH3 is 1. The first-order valence-electron chi connectivity index (χ1n) is 8.04. The van der Waals surface area contributed by atoms with Crippen LogP contribution in [0.5, 0.6) is 11.5 Å². The molecule has 0 radical (unpaired) electrons. The van der Waals surface area contributed by atoms with Gasteiger partial charge in [-0.05, 0) is 36.4 Å². The van der Waals surface area contributed by atoms with Crippen molar-refractivity contribution < 1.29 is 23.9 Å². The van der Waals surface area contributed by atoms with Crippen molar-refractivity contribution in [2.75, 3.05) is 33.1 Å². The van der Waals surface area contributed by atoms with Crippen LogP contribution in [0.1, 0.15) is 20.7 Å². The maximum absolute atomic E-state index is 12.1. The SMILES string of the molecule is COc1cccc(C(N)=O)c1OCC(=O)Nc1ccc(C(=O)N(C)C)cc1. The predicted octanol–water partition coefficient (Wildman–Crippen LogP) is 1.51. The Hall–Kier alpha value is -3.55. The first-order chi connectivity index (χ1) is 12.8. The summed E-state index contributed by atoms with van der Waals surface area (Å²) in [5.74, 6) is -0.861. The van der Waals surface area contributed by atoms with Gasteiger partial charge in [-0.15, -0.1) is 0 Å². The van der Waals surface area contributed by atoms with E-state index in [0.29, 0.717) is 17.0 Å². The number of para-hydroxylation sites is 1. The fraction of sp³-hybridized carbons (Fsp3) is 0.211. The van der Waals surface area contributed by atoms with Crippen molar-refractivity contribution in [2.45, 2.75) is 0 Å². The molecule has 2 rings (SSSR count). The Kier molecular flexibility index (Phi) is 6.37. The van der Waals surface area contributed by atoms with Crippen molar-refractivity contribution >= 4 is 23.4 Å². The Morgan fingerprint density at radius 2 is 1.74 bits per heavy atom. The second kappa shape index (κ2) is 8.70. The van der Waals surface area contributed by atoms with Crippen LogP contribution in [0.15, 0.2) is 42.5 Å². The van der Waals surface area contributed by atoms with Gasteiger partial charge in [0.2, 0.25) is 0 Å². The average molecular weight is 371 g/mol. The van der Waals surface area contributed by atoms with Gasteiger partial charge in [-0.3, -0.25) is 14.4 Å². The van der Waals surface area contributed by atoms with Crippen molar-refractivity contribution in [1.82, 2.24) is 4.90 Å². The minimum absolute atomic E-state index is 0.106. The Labute approximate surface area is 156 Å². The molecule has 0 heterocycles. The van der Waals surface area contributed by atoms with Crippen LogP contribution in [0.3, 0.4) is 0 Å². The van der Waals surface area contributed by atoms with E-state index < -0.39 is 11.8 Å². The van der Waals surface area contributed by atoms with Crippen LogP contribution in [0.25, 0.3) is 0 Å². The van der Waals surface area contributed by atoms with E-state index in [1.807, 2.05) is 0 Å². The van der Waals surface area contributed by atoms with Crippen molar-refractivity contribution in [3.8, 4) is 11.5 Å². The molecule has 8 nitrogen and oxygen atoms in total. The van der Waals surface area contributed by atoms with Crippen LogP contribution in [0.2, 0.25) is 0 Å². The van der Waals surface area contributed by atoms with Gasteiger partial charge in [0.05, 0.1) is 12.7 Å². The number of amides is 3. The van der Waals surface area contributed by atoms with Gasteiger partial charge < -0.3 is 25.4 Å². The molecule has 0 unspecified atom stereocenters. The lowest BCUT2D eigenvalue weighted by molar-refractivity contribution is -0.118. The van der Waals surface area contributed by atoms with Gasteiger partial charge in [-0.2, -0.15) is 0 Å². The number of benzene rings is 2. The Morgan fingerprint density at radius 1 is 1.07 bits per heavy atom. The van der Waals surface area contributed by atoms with Crippen molar-refractivity contribution in [1.29, 1.82) is 0 Å².